The third kappa shape index (κ3) is 3.07. The molecule has 2 aromatic heterocycles. The summed E-state index contributed by atoms with van der Waals surface area (Å²) in [7, 11) is 1.40. The highest BCUT2D eigenvalue weighted by atomic mass is 32.1. The van der Waals surface area contributed by atoms with Gasteiger partial charge in [-0.2, -0.15) is 8.78 Å². The average Bonchev–Trinajstić information content (AvgIpc) is 3.17. The molecule has 0 aliphatic carbocycles. The fourth-order valence-corrected chi connectivity index (χ4v) is 4.45. The Bertz CT molecular complexity index is 1160. The van der Waals surface area contributed by atoms with Crippen molar-refractivity contribution in [3.05, 3.63) is 50.4 Å². The van der Waals surface area contributed by atoms with Crippen LogP contribution in [0.2, 0.25) is 0 Å². The molecule has 0 radical (unpaired) electrons. The maximum absolute atomic E-state index is 12.9. The Balaban J connectivity index is 1.78. The van der Waals surface area contributed by atoms with Crippen LogP contribution >= 0.6 is 11.3 Å². The standard InChI is InChI=1S/C20H18F2N2O3S/c1-10-11(2)28-18-16(10)19(25)24-7-6-13(17(24)23-18)8-12-4-5-14(27-20(21)22)15(9-12)26-3/h4-5,8-9,20H,6-7H2,1-3H3. The number of rotatable bonds is 4. The number of methoxy groups -OCH3 is 1. The summed E-state index contributed by atoms with van der Waals surface area (Å²) in [6.45, 7) is 1.59. The van der Waals surface area contributed by atoms with Gasteiger partial charge in [-0.1, -0.05) is 6.07 Å². The number of nitrogens with zero attached hydrogens (tertiary/aromatic N) is 2. The van der Waals surface area contributed by atoms with E-state index in [0.717, 1.165) is 26.4 Å². The van der Waals surface area contributed by atoms with E-state index in [1.54, 1.807) is 16.7 Å². The van der Waals surface area contributed by atoms with E-state index < -0.39 is 6.61 Å². The fraction of sp³-hybridized carbons (Fsp3) is 0.300. The smallest absolute Gasteiger partial charge is 0.387 e. The molecule has 28 heavy (non-hydrogen) atoms. The second kappa shape index (κ2) is 7.01. The first-order valence-electron chi connectivity index (χ1n) is 8.73. The van der Waals surface area contributed by atoms with Crippen LogP contribution in [0, 0.1) is 13.8 Å². The number of aromatic nitrogens is 2. The number of fused-ring (bicyclic) bond motifs is 2. The molecule has 0 unspecified atom stereocenters. The van der Waals surface area contributed by atoms with Crippen LogP contribution in [-0.4, -0.2) is 23.3 Å². The van der Waals surface area contributed by atoms with Gasteiger partial charge in [0.15, 0.2) is 11.5 Å². The largest absolute Gasteiger partial charge is 0.493 e. The van der Waals surface area contributed by atoms with Gasteiger partial charge < -0.3 is 9.47 Å². The molecule has 0 atom stereocenters. The SMILES string of the molecule is COc1cc(C=C2CCn3c2nc2sc(C)c(C)c2c3=O)ccc1OC(F)F. The van der Waals surface area contributed by atoms with Gasteiger partial charge in [0.25, 0.3) is 5.56 Å². The van der Waals surface area contributed by atoms with Crippen molar-refractivity contribution in [1.82, 2.24) is 9.55 Å². The van der Waals surface area contributed by atoms with Crippen LogP contribution in [0.4, 0.5) is 8.78 Å². The molecular weight excluding hydrogens is 386 g/mol. The third-order valence-corrected chi connectivity index (χ3v) is 6.03. The number of hydrogen-bond donors (Lipinski definition) is 0. The lowest BCUT2D eigenvalue weighted by atomic mass is 10.1. The molecule has 3 aromatic rings. The lowest BCUT2D eigenvalue weighted by molar-refractivity contribution is -0.0512. The summed E-state index contributed by atoms with van der Waals surface area (Å²) >= 11 is 1.52. The van der Waals surface area contributed by atoms with E-state index in [2.05, 4.69) is 4.74 Å². The Morgan fingerprint density at radius 3 is 2.79 bits per heavy atom. The Hall–Kier alpha value is -2.74. The molecule has 4 rings (SSSR count). The number of hydrogen-bond acceptors (Lipinski definition) is 5. The van der Waals surface area contributed by atoms with E-state index in [1.165, 1.54) is 24.5 Å². The Labute approximate surface area is 163 Å². The minimum Gasteiger partial charge on any atom is -0.493 e. The zero-order valence-electron chi connectivity index (χ0n) is 15.6. The molecule has 146 valence electrons. The molecule has 1 aromatic carbocycles. The molecule has 8 heteroatoms. The number of alkyl halides is 2. The van der Waals surface area contributed by atoms with Crippen molar-refractivity contribution in [3.63, 3.8) is 0 Å². The Morgan fingerprint density at radius 2 is 2.07 bits per heavy atom. The van der Waals surface area contributed by atoms with Gasteiger partial charge >= 0.3 is 6.61 Å². The van der Waals surface area contributed by atoms with E-state index in [-0.39, 0.29) is 17.1 Å². The number of aryl methyl sites for hydroxylation is 2. The molecule has 1 aliphatic rings. The molecule has 1 aliphatic heterocycles. The monoisotopic (exact) mass is 404 g/mol. The van der Waals surface area contributed by atoms with Crippen molar-refractivity contribution >= 4 is 33.2 Å². The summed E-state index contributed by atoms with van der Waals surface area (Å²) in [5.74, 6) is 0.857. The molecule has 3 heterocycles. The number of ether oxygens (including phenoxy) is 2. The van der Waals surface area contributed by atoms with Gasteiger partial charge in [-0.25, -0.2) is 4.98 Å². The number of benzene rings is 1. The van der Waals surface area contributed by atoms with Crippen molar-refractivity contribution in [2.45, 2.75) is 33.4 Å². The highest BCUT2D eigenvalue weighted by Crippen LogP contribution is 2.34. The van der Waals surface area contributed by atoms with Gasteiger partial charge in [0, 0.05) is 11.4 Å². The van der Waals surface area contributed by atoms with Crippen molar-refractivity contribution in [3.8, 4) is 11.5 Å². The van der Waals surface area contributed by atoms with Gasteiger partial charge in [0.05, 0.1) is 12.5 Å². The Kier molecular flexibility index (Phi) is 4.66. The second-order valence-corrected chi connectivity index (χ2v) is 7.77. The van der Waals surface area contributed by atoms with E-state index in [0.29, 0.717) is 24.2 Å². The molecule has 0 fully saturated rings. The quantitative estimate of drug-likeness (QED) is 0.636. The van der Waals surface area contributed by atoms with Crippen molar-refractivity contribution < 1.29 is 18.3 Å². The maximum Gasteiger partial charge on any atom is 0.387 e. The third-order valence-electron chi connectivity index (χ3n) is 4.93. The van der Waals surface area contributed by atoms with E-state index in [9.17, 15) is 13.6 Å². The zero-order valence-corrected chi connectivity index (χ0v) is 16.4. The molecule has 0 saturated carbocycles. The molecule has 0 amide bonds. The van der Waals surface area contributed by atoms with Gasteiger partial charge in [-0.15, -0.1) is 11.3 Å². The summed E-state index contributed by atoms with van der Waals surface area (Å²) in [4.78, 5) is 19.5. The number of allylic oxidation sites excluding steroid dienone is 1. The first-order valence-corrected chi connectivity index (χ1v) is 9.55. The lowest BCUT2D eigenvalue weighted by Gasteiger charge is -2.10. The van der Waals surface area contributed by atoms with Gasteiger partial charge in [0.2, 0.25) is 0 Å². The lowest BCUT2D eigenvalue weighted by Crippen LogP contribution is -2.20. The predicted molar refractivity (Wildman–Crippen MR) is 105 cm³/mol. The van der Waals surface area contributed by atoms with Crippen molar-refractivity contribution in [2.75, 3.05) is 7.11 Å². The van der Waals surface area contributed by atoms with Crippen molar-refractivity contribution in [2.24, 2.45) is 0 Å². The highest BCUT2D eigenvalue weighted by molar-refractivity contribution is 7.18. The Morgan fingerprint density at radius 1 is 1.29 bits per heavy atom. The second-order valence-electron chi connectivity index (χ2n) is 6.56. The minimum absolute atomic E-state index is 0.0106. The minimum atomic E-state index is -2.92. The summed E-state index contributed by atoms with van der Waals surface area (Å²) in [6.07, 6.45) is 2.58. The summed E-state index contributed by atoms with van der Waals surface area (Å²) in [5, 5.41) is 0.697. The first-order chi connectivity index (χ1) is 13.4. The van der Waals surface area contributed by atoms with Gasteiger partial charge in [-0.3, -0.25) is 9.36 Å². The van der Waals surface area contributed by atoms with E-state index in [1.807, 2.05) is 19.9 Å². The summed E-state index contributed by atoms with van der Waals surface area (Å²) in [6, 6.07) is 4.75. The molecule has 0 spiro atoms. The first kappa shape index (κ1) is 18.6. The average molecular weight is 404 g/mol. The van der Waals surface area contributed by atoms with Crippen LogP contribution in [0.25, 0.3) is 21.9 Å². The normalized spacial score (nSPS) is 14.9. The van der Waals surface area contributed by atoms with Crippen LogP contribution in [0.5, 0.6) is 11.5 Å². The topological polar surface area (TPSA) is 53.4 Å². The molecular formula is C20H18F2N2O3S. The van der Waals surface area contributed by atoms with Crippen LogP contribution in [-0.2, 0) is 6.54 Å². The van der Waals surface area contributed by atoms with Gasteiger partial charge in [0.1, 0.15) is 10.7 Å². The molecule has 0 N–H and O–H groups in total. The summed E-state index contributed by atoms with van der Waals surface area (Å²) < 4.78 is 36.3. The van der Waals surface area contributed by atoms with Crippen LogP contribution in [0.3, 0.4) is 0 Å². The van der Waals surface area contributed by atoms with Gasteiger partial charge in [-0.05, 0) is 55.2 Å². The number of thiophene rings is 1. The van der Waals surface area contributed by atoms with E-state index >= 15 is 0 Å². The van der Waals surface area contributed by atoms with Crippen LogP contribution in [0.1, 0.15) is 28.2 Å². The van der Waals surface area contributed by atoms with Crippen molar-refractivity contribution in [1.29, 1.82) is 0 Å². The summed E-state index contributed by atoms with van der Waals surface area (Å²) in [5.41, 5.74) is 2.66. The number of halogens is 2. The zero-order chi connectivity index (χ0) is 20.0. The highest BCUT2D eigenvalue weighted by Gasteiger charge is 2.23. The van der Waals surface area contributed by atoms with E-state index in [4.69, 9.17) is 9.72 Å². The fourth-order valence-electron chi connectivity index (χ4n) is 3.43. The maximum atomic E-state index is 12.9. The molecule has 0 saturated heterocycles. The molecule has 0 bridgehead atoms. The predicted octanol–water partition coefficient (Wildman–Crippen LogP) is 4.63. The molecule has 5 nitrogen and oxygen atoms in total. The van der Waals surface area contributed by atoms with Crippen LogP contribution < -0.4 is 15.0 Å². The van der Waals surface area contributed by atoms with Crippen LogP contribution in [0.15, 0.2) is 23.0 Å².